The minimum absolute atomic E-state index is 0.0342. The molecule has 12 nitrogen and oxygen atoms in total. The Morgan fingerprint density at radius 1 is 0.413 bits per heavy atom. The third-order valence-electron chi connectivity index (χ3n) is 11.6. The second kappa shape index (κ2) is 45.3. The van der Waals surface area contributed by atoms with E-state index in [1.807, 2.05) is 0 Å². The largest absolute Gasteiger partial charge is 0.550 e. The summed E-state index contributed by atoms with van der Waals surface area (Å²) >= 11 is 0. The topological polar surface area (TPSA) is 185 Å². The SMILES string of the molecule is CCCCCCCC/C=C\CCCCCCCCNC(=O)CC(CCN(CCN(CC(=O)[O-])CC(=O)NCCCCCCCC/C=C\CCCCCCCC)CC(=O)[O-])CC(=O)[O-]. The van der Waals surface area contributed by atoms with Crippen molar-refractivity contribution >= 4 is 29.7 Å². The minimum atomic E-state index is -1.36. The molecule has 0 aromatic carbocycles. The molecule has 0 bridgehead atoms. The van der Waals surface area contributed by atoms with Crippen LogP contribution in [-0.2, 0) is 24.0 Å². The summed E-state index contributed by atoms with van der Waals surface area (Å²) in [5.74, 6) is -5.17. The summed E-state index contributed by atoms with van der Waals surface area (Å²) < 4.78 is 0. The van der Waals surface area contributed by atoms with E-state index in [0.717, 1.165) is 64.2 Å². The van der Waals surface area contributed by atoms with Crippen molar-refractivity contribution in [3.63, 3.8) is 0 Å². The van der Waals surface area contributed by atoms with Crippen LogP contribution in [0.4, 0.5) is 0 Å². The lowest BCUT2D eigenvalue weighted by atomic mass is 9.96. The van der Waals surface area contributed by atoms with Crippen LogP contribution >= 0.6 is 0 Å². The molecule has 0 rings (SSSR count). The maximum absolute atomic E-state index is 12.7. The average Bonchev–Trinajstić information content (AvgIpc) is 3.23. The lowest BCUT2D eigenvalue weighted by Crippen LogP contribution is -2.48. The minimum Gasteiger partial charge on any atom is -0.550 e. The molecule has 0 aliphatic rings. The monoisotopic (exact) mass is 888 g/mol. The van der Waals surface area contributed by atoms with E-state index < -0.39 is 36.9 Å². The first-order valence-electron chi connectivity index (χ1n) is 25.4. The number of carboxylic acid groups (broad SMARTS) is 3. The second-order valence-electron chi connectivity index (χ2n) is 17.7. The molecule has 0 saturated carbocycles. The van der Waals surface area contributed by atoms with Crippen LogP contribution in [0, 0.1) is 5.92 Å². The van der Waals surface area contributed by atoms with Crippen molar-refractivity contribution in [2.45, 2.75) is 213 Å². The average molecular weight is 888 g/mol. The number of rotatable bonds is 48. The third-order valence-corrected chi connectivity index (χ3v) is 11.6. The molecule has 0 fully saturated rings. The summed E-state index contributed by atoms with van der Waals surface area (Å²) in [7, 11) is 0. The predicted molar refractivity (Wildman–Crippen MR) is 250 cm³/mol. The number of unbranched alkanes of at least 4 members (excludes halogenated alkanes) is 24. The quantitative estimate of drug-likeness (QED) is 0.0480. The highest BCUT2D eigenvalue weighted by Gasteiger charge is 2.18. The van der Waals surface area contributed by atoms with Gasteiger partial charge in [-0.2, -0.15) is 0 Å². The van der Waals surface area contributed by atoms with Crippen molar-refractivity contribution in [3.05, 3.63) is 24.3 Å². The van der Waals surface area contributed by atoms with E-state index in [4.69, 9.17) is 0 Å². The number of nitrogens with one attached hydrogen (secondary N) is 2. The smallest absolute Gasteiger partial charge is 0.234 e. The second-order valence-corrected chi connectivity index (χ2v) is 17.7. The van der Waals surface area contributed by atoms with Gasteiger partial charge in [0.2, 0.25) is 11.8 Å². The Labute approximate surface area is 383 Å². The van der Waals surface area contributed by atoms with Gasteiger partial charge in [-0.05, 0) is 89.5 Å². The van der Waals surface area contributed by atoms with Gasteiger partial charge in [0.05, 0.1) is 18.5 Å². The zero-order chi connectivity index (χ0) is 46.4. The number of nitrogens with zero attached hydrogens (tertiary/aromatic N) is 2. The normalized spacial score (nSPS) is 12.2. The lowest BCUT2D eigenvalue weighted by molar-refractivity contribution is -0.308. The van der Waals surface area contributed by atoms with Gasteiger partial charge in [-0.3, -0.25) is 19.4 Å². The summed E-state index contributed by atoms with van der Waals surface area (Å²) in [5, 5.41) is 40.3. The zero-order valence-corrected chi connectivity index (χ0v) is 40.1. The Hall–Kier alpha value is -3.25. The fraction of sp³-hybridized carbons (Fsp3) is 0.824. The summed E-state index contributed by atoms with van der Waals surface area (Å²) in [6.45, 7) is 4.59. The van der Waals surface area contributed by atoms with Crippen molar-refractivity contribution in [2.75, 3.05) is 52.4 Å². The van der Waals surface area contributed by atoms with Crippen LogP contribution in [0.15, 0.2) is 24.3 Å². The van der Waals surface area contributed by atoms with Crippen molar-refractivity contribution in [1.82, 2.24) is 20.4 Å². The molecule has 0 radical (unpaired) electrons. The molecular weight excluding hydrogens is 797 g/mol. The lowest BCUT2D eigenvalue weighted by Gasteiger charge is -2.29. The Kier molecular flexibility index (Phi) is 43.0. The van der Waals surface area contributed by atoms with Crippen LogP contribution < -0.4 is 26.0 Å². The van der Waals surface area contributed by atoms with E-state index in [-0.39, 0.29) is 57.3 Å². The molecule has 2 amide bonds. The Morgan fingerprint density at radius 2 is 0.778 bits per heavy atom. The molecule has 366 valence electrons. The first-order chi connectivity index (χ1) is 30.6. The number of allylic oxidation sites excluding steroid dienone is 4. The summed E-state index contributed by atoms with van der Waals surface area (Å²) in [6, 6.07) is 0. The van der Waals surface area contributed by atoms with Crippen LogP contribution in [0.3, 0.4) is 0 Å². The van der Waals surface area contributed by atoms with Gasteiger partial charge >= 0.3 is 0 Å². The van der Waals surface area contributed by atoms with Gasteiger partial charge in [-0.25, -0.2) is 0 Å². The van der Waals surface area contributed by atoms with Crippen LogP contribution in [0.25, 0.3) is 0 Å². The van der Waals surface area contributed by atoms with Crippen molar-refractivity contribution in [3.8, 4) is 0 Å². The van der Waals surface area contributed by atoms with Crippen molar-refractivity contribution in [2.24, 2.45) is 5.92 Å². The van der Waals surface area contributed by atoms with Gasteiger partial charge in [0.25, 0.3) is 0 Å². The number of hydrogen-bond acceptors (Lipinski definition) is 10. The first kappa shape index (κ1) is 59.8. The molecule has 12 heteroatoms. The third kappa shape index (κ3) is 45.1. The Morgan fingerprint density at radius 3 is 1.19 bits per heavy atom. The highest BCUT2D eigenvalue weighted by Crippen LogP contribution is 2.16. The Bertz CT molecular complexity index is 1110. The molecular formula is C51H91N4O8-3. The van der Waals surface area contributed by atoms with Gasteiger partial charge in [0.15, 0.2) is 0 Å². The molecule has 0 aromatic heterocycles. The van der Waals surface area contributed by atoms with E-state index in [1.165, 1.54) is 125 Å². The number of carboxylic acids is 3. The molecule has 2 N–H and O–H groups in total. The summed E-state index contributed by atoms with van der Waals surface area (Å²) in [4.78, 5) is 62.9. The van der Waals surface area contributed by atoms with Gasteiger partial charge < -0.3 is 40.3 Å². The predicted octanol–water partition coefficient (Wildman–Crippen LogP) is 6.93. The number of carbonyl (C=O) groups excluding carboxylic acids is 5. The number of hydrogen-bond donors (Lipinski definition) is 2. The molecule has 63 heavy (non-hydrogen) atoms. The first-order valence-corrected chi connectivity index (χ1v) is 25.4. The van der Waals surface area contributed by atoms with Gasteiger partial charge in [-0.1, -0.05) is 154 Å². The highest BCUT2D eigenvalue weighted by atomic mass is 16.4. The van der Waals surface area contributed by atoms with E-state index in [0.29, 0.717) is 13.1 Å². The molecule has 0 spiro atoms. The molecule has 1 unspecified atom stereocenters. The molecule has 0 aliphatic heterocycles. The number of amides is 2. The van der Waals surface area contributed by atoms with E-state index >= 15 is 0 Å². The molecule has 0 aromatic rings. The van der Waals surface area contributed by atoms with Gasteiger partial charge in [0, 0.05) is 51.7 Å². The molecule has 0 saturated heterocycles. The number of carbonyl (C=O) groups is 5. The number of aliphatic carboxylic acids is 3. The maximum atomic E-state index is 12.7. The van der Waals surface area contributed by atoms with Crippen LogP contribution in [0.1, 0.15) is 213 Å². The van der Waals surface area contributed by atoms with Crippen LogP contribution in [0.5, 0.6) is 0 Å². The summed E-state index contributed by atoms with van der Waals surface area (Å²) in [5.41, 5.74) is 0. The molecule has 0 aliphatic carbocycles. The van der Waals surface area contributed by atoms with Crippen molar-refractivity contribution < 1.29 is 39.3 Å². The standard InChI is InChI=1S/C51H94N4O8/c1-3-5-7-9-11-13-15-17-19-21-23-25-27-29-31-33-36-52-47(56)41-46(42-49(58)59)35-38-54(44-50(60)61)39-40-55(45-51(62)63)43-48(57)53-37-34-32-30-28-26-24-22-20-18-16-14-12-10-8-6-4-2/h17-20,46H,3-16,21-45H2,1-2H3,(H,52,56)(H,53,57)(H,58,59)(H,60,61)(H,62,63)/p-3/b19-17-,20-18-. The molecule has 0 heterocycles. The zero-order valence-electron chi connectivity index (χ0n) is 40.1. The van der Waals surface area contributed by atoms with E-state index in [9.17, 15) is 39.3 Å². The maximum Gasteiger partial charge on any atom is 0.234 e. The van der Waals surface area contributed by atoms with Crippen LogP contribution in [-0.4, -0.2) is 91.9 Å². The fourth-order valence-corrected chi connectivity index (χ4v) is 7.80. The fourth-order valence-electron chi connectivity index (χ4n) is 7.80. The van der Waals surface area contributed by atoms with Gasteiger partial charge in [-0.15, -0.1) is 0 Å². The van der Waals surface area contributed by atoms with E-state index in [1.54, 1.807) is 0 Å². The summed E-state index contributed by atoms with van der Waals surface area (Å²) in [6.07, 6.45) is 42.5. The molecule has 1 atom stereocenters. The van der Waals surface area contributed by atoms with E-state index in [2.05, 4.69) is 48.8 Å². The Balaban J connectivity index is 4.42. The van der Waals surface area contributed by atoms with Crippen molar-refractivity contribution in [1.29, 1.82) is 0 Å². The van der Waals surface area contributed by atoms with Gasteiger partial charge in [0.1, 0.15) is 0 Å². The van der Waals surface area contributed by atoms with Crippen LogP contribution in [0.2, 0.25) is 0 Å². The highest BCUT2D eigenvalue weighted by molar-refractivity contribution is 5.79.